The minimum Gasteiger partial charge on any atom is -0.331 e. The van der Waals surface area contributed by atoms with E-state index < -0.39 is 30.1 Å². The van der Waals surface area contributed by atoms with Crippen LogP contribution in [-0.4, -0.2) is 41.0 Å². The third kappa shape index (κ3) is 1.96. The smallest absolute Gasteiger partial charge is 0.331 e. The molecule has 1 amide bonds. The molecular formula is C10H13F5N2O. The van der Waals surface area contributed by atoms with E-state index in [-0.39, 0.29) is 18.9 Å². The lowest BCUT2D eigenvalue weighted by molar-refractivity contribution is -0.276. The molecule has 0 spiro atoms. The number of amides is 1. The molecule has 2 aliphatic rings. The van der Waals surface area contributed by atoms with E-state index in [0.29, 0.717) is 17.7 Å². The Morgan fingerprint density at radius 1 is 1.06 bits per heavy atom. The van der Waals surface area contributed by atoms with Crippen molar-refractivity contribution >= 4 is 5.91 Å². The molecule has 2 fully saturated rings. The van der Waals surface area contributed by atoms with E-state index >= 15 is 0 Å². The summed E-state index contributed by atoms with van der Waals surface area (Å²) in [5.74, 6) is -7.44. The Balaban J connectivity index is 2.21. The van der Waals surface area contributed by atoms with Crippen molar-refractivity contribution in [3.63, 3.8) is 0 Å². The average molecular weight is 272 g/mol. The van der Waals surface area contributed by atoms with E-state index in [1.807, 2.05) is 0 Å². The molecule has 8 heteroatoms. The number of nitrogens with two attached hydrogens (primary N) is 1. The lowest BCUT2D eigenvalue weighted by Gasteiger charge is -2.39. The molecule has 3 nitrogen and oxygen atoms in total. The Morgan fingerprint density at radius 2 is 1.50 bits per heavy atom. The van der Waals surface area contributed by atoms with Gasteiger partial charge in [-0.2, -0.15) is 22.0 Å². The summed E-state index contributed by atoms with van der Waals surface area (Å²) >= 11 is 0. The number of hydrogen-bond acceptors (Lipinski definition) is 2. The Morgan fingerprint density at radius 3 is 1.89 bits per heavy atom. The van der Waals surface area contributed by atoms with Gasteiger partial charge < -0.3 is 10.6 Å². The zero-order valence-electron chi connectivity index (χ0n) is 9.38. The molecule has 2 atom stereocenters. The average Bonchev–Trinajstić information content (AvgIpc) is 2.48. The molecular weight excluding hydrogens is 259 g/mol. The van der Waals surface area contributed by atoms with Gasteiger partial charge in [-0.05, 0) is 25.7 Å². The van der Waals surface area contributed by atoms with Crippen molar-refractivity contribution < 1.29 is 26.7 Å². The summed E-state index contributed by atoms with van der Waals surface area (Å²) in [5, 5.41) is 0. The second kappa shape index (κ2) is 4.04. The molecule has 2 unspecified atom stereocenters. The number of fused-ring (bicyclic) bond motifs is 2. The Kier molecular flexibility index (Phi) is 3.03. The quantitative estimate of drug-likeness (QED) is 0.738. The van der Waals surface area contributed by atoms with Gasteiger partial charge in [-0.3, -0.25) is 4.79 Å². The van der Waals surface area contributed by atoms with Crippen LogP contribution in [0.5, 0.6) is 0 Å². The lowest BCUT2D eigenvalue weighted by atomic mass is 9.97. The molecule has 2 bridgehead atoms. The van der Waals surface area contributed by atoms with Crippen LogP contribution in [0.1, 0.15) is 25.7 Å². The van der Waals surface area contributed by atoms with Crippen LogP contribution in [0.25, 0.3) is 0 Å². The van der Waals surface area contributed by atoms with Gasteiger partial charge in [0, 0.05) is 18.1 Å². The Labute approximate surface area is 100 Å². The number of hydrogen-bond donors (Lipinski definition) is 1. The fourth-order valence-electron chi connectivity index (χ4n) is 2.83. The molecule has 2 saturated heterocycles. The van der Waals surface area contributed by atoms with Crippen LogP contribution < -0.4 is 5.73 Å². The maximum absolute atomic E-state index is 13.0. The number of alkyl halides is 5. The number of nitrogens with zero attached hydrogens (tertiary/aromatic N) is 1. The molecule has 104 valence electrons. The zero-order chi connectivity index (χ0) is 13.7. The van der Waals surface area contributed by atoms with Crippen LogP contribution in [0.4, 0.5) is 22.0 Å². The molecule has 2 aliphatic heterocycles. The number of piperidine rings is 1. The first-order valence-electron chi connectivity index (χ1n) is 5.67. The highest BCUT2D eigenvalue weighted by molar-refractivity contribution is 5.85. The second-order valence-corrected chi connectivity index (χ2v) is 4.90. The Hall–Kier alpha value is -0.920. The van der Waals surface area contributed by atoms with E-state index in [1.165, 1.54) is 0 Å². The van der Waals surface area contributed by atoms with Crippen molar-refractivity contribution in [2.24, 2.45) is 5.73 Å². The molecule has 0 saturated carbocycles. The normalized spacial score (nSPS) is 32.8. The summed E-state index contributed by atoms with van der Waals surface area (Å²) in [6.45, 7) is 0. The molecule has 0 aliphatic carbocycles. The third-order valence-electron chi connectivity index (χ3n) is 3.63. The molecule has 0 aromatic heterocycles. The number of halogens is 5. The van der Waals surface area contributed by atoms with Crippen molar-refractivity contribution in [1.29, 1.82) is 0 Å². The largest absolute Gasteiger partial charge is 0.463 e. The van der Waals surface area contributed by atoms with E-state index in [2.05, 4.69) is 0 Å². The first kappa shape index (κ1) is 13.5. The van der Waals surface area contributed by atoms with Crippen LogP contribution in [0.3, 0.4) is 0 Å². The monoisotopic (exact) mass is 272 g/mol. The highest BCUT2D eigenvalue weighted by Crippen LogP contribution is 2.42. The lowest BCUT2D eigenvalue weighted by Crippen LogP contribution is -2.58. The summed E-state index contributed by atoms with van der Waals surface area (Å²) in [6.07, 6.45) is -4.38. The first-order valence-corrected chi connectivity index (χ1v) is 5.67. The predicted octanol–water partition coefficient (Wildman–Crippen LogP) is 1.66. The van der Waals surface area contributed by atoms with Gasteiger partial charge in [-0.25, -0.2) is 0 Å². The van der Waals surface area contributed by atoms with Gasteiger partial charge in [-0.1, -0.05) is 0 Å². The maximum Gasteiger partial charge on any atom is 0.463 e. The third-order valence-corrected chi connectivity index (χ3v) is 3.63. The summed E-state index contributed by atoms with van der Waals surface area (Å²) < 4.78 is 62.6. The summed E-state index contributed by atoms with van der Waals surface area (Å²) in [5.41, 5.74) is 5.67. The second-order valence-electron chi connectivity index (χ2n) is 4.90. The van der Waals surface area contributed by atoms with Crippen molar-refractivity contribution in [2.75, 3.05) is 0 Å². The van der Waals surface area contributed by atoms with Gasteiger partial charge >= 0.3 is 18.0 Å². The summed E-state index contributed by atoms with van der Waals surface area (Å²) in [4.78, 5) is 12.2. The molecule has 2 rings (SSSR count). The number of carbonyl (C=O) groups excluding carboxylic acids is 1. The molecule has 0 radical (unpaired) electrons. The van der Waals surface area contributed by atoms with E-state index in [4.69, 9.17) is 5.73 Å². The molecule has 0 aromatic rings. The van der Waals surface area contributed by atoms with Gasteiger partial charge in [0.05, 0.1) is 0 Å². The van der Waals surface area contributed by atoms with Gasteiger partial charge in [0.2, 0.25) is 0 Å². The number of rotatable bonds is 1. The minimum absolute atomic E-state index is 0.231. The zero-order valence-corrected chi connectivity index (χ0v) is 9.38. The van der Waals surface area contributed by atoms with Crippen LogP contribution >= 0.6 is 0 Å². The topological polar surface area (TPSA) is 46.3 Å². The molecule has 2 heterocycles. The molecule has 18 heavy (non-hydrogen) atoms. The van der Waals surface area contributed by atoms with Gasteiger partial charge in [0.25, 0.3) is 0 Å². The fourth-order valence-corrected chi connectivity index (χ4v) is 2.83. The Bertz CT molecular complexity index is 343. The fraction of sp³-hybridized carbons (Fsp3) is 0.900. The van der Waals surface area contributed by atoms with Gasteiger partial charge in [0.15, 0.2) is 0 Å². The van der Waals surface area contributed by atoms with Crippen LogP contribution in [0, 0.1) is 0 Å². The van der Waals surface area contributed by atoms with E-state index in [9.17, 15) is 26.7 Å². The maximum atomic E-state index is 13.0. The minimum atomic E-state index is -5.84. The SMILES string of the molecule is NC1CC2CCC(C1)N2C(=O)C(F)(F)C(F)(F)F. The van der Waals surface area contributed by atoms with Crippen molar-refractivity contribution in [3.8, 4) is 0 Å². The van der Waals surface area contributed by atoms with E-state index in [0.717, 1.165) is 0 Å². The first-order chi connectivity index (χ1) is 8.14. The highest BCUT2D eigenvalue weighted by Gasteiger charge is 2.66. The van der Waals surface area contributed by atoms with Crippen LogP contribution in [0.15, 0.2) is 0 Å². The molecule has 0 aromatic carbocycles. The van der Waals surface area contributed by atoms with Crippen LogP contribution in [0.2, 0.25) is 0 Å². The van der Waals surface area contributed by atoms with E-state index in [1.54, 1.807) is 0 Å². The van der Waals surface area contributed by atoms with Crippen molar-refractivity contribution in [1.82, 2.24) is 4.90 Å². The number of carbonyl (C=O) groups is 1. The van der Waals surface area contributed by atoms with Crippen LogP contribution in [-0.2, 0) is 4.79 Å². The summed E-state index contributed by atoms with van der Waals surface area (Å²) in [6, 6.07) is -1.40. The van der Waals surface area contributed by atoms with Gasteiger partial charge in [-0.15, -0.1) is 0 Å². The van der Waals surface area contributed by atoms with Crippen molar-refractivity contribution in [2.45, 2.75) is 55.9 Å². The summed E-state index contributed by atoms with van der Waals surface area (Å²) in [7, 11) is 0. The standard InChI is InChI=1S/C10H13F5N2O/c11-9(12,10(13,14)15)8(18)17-6-1-2-7(17)4-5(16)3-6/h5-7H,1-4,16H2. The predicted molar refractivity (Wildman–Crippen MR) is 51.9 cm³/mol. The van der Waals surface area contributed by atoms with Gasteiger partial charge in [0.1, 0.15) is 0 Å². The highest BCUT2D eigenvalue weighted by atomic mass is 19.4. The molecule has 2 N–H and O–H groups in total. The van der Waals surface area contributed by atoms with Crippen molar-refractivity contribution in [3.05, 3.63) is 0 Å².